The Morgan fingerprint density at radius 2 is 2.05 bits per heavy atom. The first-order valence-corrected chi connectivity index (χ1v) is 8.10. The van der Waals surface area contributed by atoms with Gasteiger partial charge in [0.25, 0.3) is 0 Å². The quantitative estimate of drug-likeness (QED) is 0.457. The molecule has 0 spiro atoms. The van der Waals surface area contributed by atoms with Gasteiger partial charge in [0.2, 0.25) is 0 Å². The van der Waals surface area contributed by atoms with E-state index < -0.39 is 0 Å². The number of hydrogen-bond donors (Lipinski definition) is 0. The van der Waals surface area contributed by atoms with E-state index in [-0.39, 0.29) is 11.9 Å². The van der Waals surface area contributed by atoms with Gasteiger partial charge in [-0.2, -0.15) is 0 Å². The van der Waals surface area contributed by atoms with Gasteiger partial charge in [-0.25, -0.2) is 0 Å². The number of hydrogen-bond acceptors (Lipinski definition) is 3. The summed E-state index contributed by atoms with van der Waals surface area (Å²) in [5, 5.41) is 0.628. The van der Waals surface area contributed by atoms with Crippen LogP contribution in [0.5, 0.6) is 5.75 Å². The molecule has 21 heavy (non-hydrogen) atoms. The Hall–Kier alpha value is -1.22. The van der Waals surface area contributed by atoms with E-state index in [0.717, 1.165) is 19.3 Å². The summed E-state index contributed by atoms with van der Waals surface area (Å²) in [7, 11) is 0. The Morgan fingerprint density at radius 1 is 1.24 bits per heavy atom. The molecular weight excluding hydrogens is 288 g/mol. The lowest BCUT2D eigenvalue weighted by Crippen LogP contribution is -2.24. The summed E-state index contributed by atoms with van der Waals surface area (Å²) in [5.41, 5.74) is 0. The van der Waals surface area contributed by atoms with Crippen LogP contribution in [-0.2, 0) is 9.53 Å². The Balaban J connectivity index is 2.49. The van der Waals surface area contributed by atoms with Gasteiger partial charge in [0.05, 0.1) is 12.5 Å². The molecule has 4 heteroatoms. The Bertz CT molecular complexity index is 420. The van der Waals surface area contributed by atoms with Crippen molar-refractivity contribution in [3.8, 4) is 5.75 Å². The highest BCUT2D eigenvalue weighted by molar-refractivity contribution is 6.30. The number of esters is 1. The summed E-state index contributed by atoms with van der Waals surface area (Å²) in [6.07, 6.45) is 5.35. The van der Waals surface area contributed by atoms with Crippen LogP contribution in [0.1, 0.15) is 46.0 Å². The van der Waals surface area contributed by atoms with Gasteiger partial charge in [0.1, 0.15) is 12.4 Å². The van der Waals surface area contributed by atoms with Crippen molar-refractivity contribution in [2.24, 2.45) is 5.92 Å². The van der Waals surface area contributed by atoms with E-state index in [1.54, 1.807) is 12.1 Å². The second-order valence-electron chi connectivity index (χ2n) is 5.07. The summed E-state index contributed by atoms with van der Waals surface area (Å²) in [4.78, 5) is 12.0. The molecule has 0 fully saturated rings. The van der Waals surface area contributed by atoms with E-state index in [9.17, 15) is 4.79 Å². The highest BCUT2D eigenvalue weighted by Gasteiger charge is 2.20. The lowest BCUT2D eigenvalue weighted by Gasteiger charge is -2.16. The maximum absolute atomic E-state index is 12.0. The minimum atomic E-state index is -0.208. The van der Waals surface area contributed by atoms with E-state index in [1.807, 2.05) is 19.1 Å². The van der Waals surface area contributed by atoms with Crippen molar-refractivity contribution < 1.29 is 14.3 Å². The third-order valence-corrected chi connectivity index (χ3v) is 3.51. The van der Waals surface area contributed by atoms with Gasteiger partial charge in [0.15, 0.2) is 0 Å². The molecule has 0 radical (unpaired) electrons. The smallest absolute Gasteiger partial charge is 0.312 e. The van der Waals surface area contributed by atoms with Gasteiger partial charge in [-0.1, -0.05) is 50.3 Å². The number of unbranched alkanes of at least 4 members (excludes halogenated alkanes) is 3. The van der Waals surface area contributed by atoms with Crippen molar-refractivity contribution in [3.05, 3.63) is 29.3 Å². The average molecular weight is 313 g/mol. The van der Waals surface area contributed by atoms with E-state index in [1.165, 1.54) is 12.8 Å². The molecule has 0 aliphatic heterocycles. The average Bonchev–Trinajstić information content (AvgIpc) is 2.46. The fourth-order valence-corrected chi connectivity index (χ4v) is 2.28. The minimum Gasteiger partial charge on any atom is -0.493 e. The summed E-state index contributed by atoms with van der Waals surface area (Å²) >= 11 is 5.92. The number of carbonyl (C=O) groups excluding carboxylic acids is 1. The summed E-state index contributed by atoms with van der Waals surface area (Å²) < 4.78 is 10.8. The molecule has 1 unspecified atom stereocenters. The molecule has 0 aliphatic rings. The third-order valence-electron chi connectivity index (χ3n) is 3.27. The first kappa shape index (κ1) is 17.8. The van der Waals surface area contributed by atoms with E-state index in [4.69, 9.17) is 21.1 Å². The summed E-state index contributed by atoms with van der Waals surface area (Å²) in [6.45, 7) is 4.74. The molecule has 1 rings (SSSR count). The van der Waals surface area contributed by atoms with Crippen molar-refractivity contribution in [1.29, 1.82) is 0 Å². The second kappa shape index (κ2) is 10.5. The summed E-state index contributed by atoms with van der Waals surface area (Å²) in [5.74, 6) is 0.308. The highest BCUT2D eigenvalue weighted by Crippen LogP contribution is 2.20. The molecule has 0 N–H and O–H groups in total. The van der Waals surface area contributed by atoms with Gasteiger partial charge in [-0.05, 0) is 31.5 Å². The number of rotatable bonds is 10. The Labute approximate surface area is 132 Å². The monoisotopic (exact) mass is 312 g/mol. The fraction of sp³-hybridized carbons (Fsp3) is 0.588. The predicted octanol–water partition coefficient (Wildman–Crippen LogP) is 4.87. The van der Waals surface area contributed by atoms with Gasteiger partial charge in [-0.15, -0.1) is 0 Å². The number of benzene rings is 1. The predicted molar refractivity (Wildman–Crippen MR) is 85.8 cm³/mol. The van der Waals surface area contributed by atoms with Crippen LogP contribution in [0.25, 0.3) is 0 Å². The zero-order valence-corrected chi connectivity index (χ0v) is 13.7. The van der Waals surface area contributed by atoms with Crippen molar-refractivity contribution in [2.75, 3.05) is 13.2 Å². The zero-order chi connectivity index (χ0) is 15.5. The molecular formula is C17H25ClO3. The first-order valence-electron chi connectivity index (χ1n) is 7.72. The molecule has 0 heterocycles. The minimum absolute atomic E-state index is 0.170. The molecule has 0 saturated heterocycles. The van der Waals surface area contributed by atoms with Crippen LogP contribution < -0.4 is 4.74 Å². The van der Waals surface area contributed by atoms with Crippen molar-refractivity contribution >= 4 is 17.6 Å². The Kier molecular flexibility index (Phi) is 8.91. The molecule has 0 amide bonds. The molecule has 0 aliphatic carbocycles. The number of halogens is 1. The first-order chi connectivity index (χ1) is 10.2. The van der Waals surface area contributed by atoms with Crippen LogP contribution >= 0.6 is 11.6 Å². The van der Waals surface area contributed by atoms with E-state index >= 15 is 0 Å². The van der Waals surface area contributed by atoms with Crippen LogP contribution in [0.15, 0.2) is 24.3 Å². The zero-order valence-electron chi connectivity index (χ0n) is 12.9. The molecule has 3 nitrogen and oxygen atoms in total. The Morgan fingerprint density at radius 3 is 2.71 bits per heavy atom. The number of carbonyl (C=O) groups is 1. The van der Waals surface area contributed by atoms with Gasteiger partial charge >= 0.3 is 5.97 Å². The maximum atomic E-state index is 12.0. The highest BCUT2D eigenvalue weighted by atomic mass is 35.5. The topological polar surface area (TPSA) is 35.5 Å². The molecule has 1 aromatic rings. The van der Waals surface area contributed by atoms with Gasteiger partial charge in [0, 0.05) is 5.02 Å². The standard InChI is InChI=1S/C17H25ClO3/c1-3-5-6-7-9-14(17(19)20-4-2)13-21-16-11-8-10-15(18)12-16/h8,10-12,14H,3-7,9,13H2,1-2H3. The molecule has 1 aromatic carbocycles. The van der Waals surface area contributed by atoms with Gasteiger partial charge < -0.3 is 9.47 Å². The van der Waals surface area contributed by atoms with Crippen LogP contribution in [0.4, 0.5) is 0 Å². The van der Waals surface area contributed by atoms with Crippen LogP contribution in [-0.4, -0.2) is 19.2 Å². The fourth-order valence-electron chi connectivity index (χ4n) is 2.10. The van der Waals surface area contributed by atoms with Gasteiger partial charge in [-0.3, -0.25) is 4.79 Å². The van der Waals surface area contributed by atoms with Crippen molar-refractivity contribution in [1.82, 2.24) is 0 Å². The third kappa shape index (κ3) is 7.37. The summed E-state index contributed by atoms with van der Waals surface area (Å²) in [6, 6.07) is 7.21. The lowest BCUT2D eigenvalue weighted by molar-refractivity contribution is -0.149. The normalized spacial score (nSPS) is 12.0. The largest absolute Gasteiger partial charge is 0.493 e. The van der Waals surface area contributed by atoms with Crippen molar-refractivity contribution in [2.45, 2.75) is 46.0 Å². The van der Waals surface area contributed by atoms with Crippen LogP contribution in [0.3, 0.4) is 0 Å². The SMILES string of the molecule is CCCCCCC(COc1cccc(Cl)c1)C(=O)OCC. The maximum Gasteiger partial charge on any atom is 0.312 e. The van der Waals surface area contributed by atoms with Crippen molar-refractivity contribution in [3.63, 3.8) is 0 Å². The molecule has 1 atom stereocenters. The molecule has 0 aromatic heterocycles. The van der Waals surface area contributed by atoms with E-state index in [2.05, 4.69) is 6.92 Å². The van der Waals surface area contributed by atoms with E-state index in [0.29, 0.717) is 24.0 Å². The lowest BCUT2D eigenvalue weighted by atomic mass is 10.0. The second-order valence-corrected chi connectivity index (χ2v) is 5.50. The number of ether oxygens (including phenoxy) is 2. The molecule has 0 saturated carbocycles. The molecule has 0 bridgehead atoms. The molecule has 118 valence electrons. The van der Waals surface area contributed by atoms with Crippen LogP contribution in [0, 0.1) is 5.92 Å². The van der Waals surface area contributed by atoms with Crippen LogP contribution in [0.2, 0.25) is 5.02 Å².